The molecule has 0 aliphatic rings. The van der Waals surface area contributed by atoms with E-state index < -0.39 is 0 Å². The van der Waals surface area contributed by atoms with Crippen molar-refractivity contribution >= 4 is 34.2 Å². The quantitative estimate of drug-likeness (QED) is 0.761. The number of amides is 1. The minimum atomic E-state index is -0.380. The minimum Gasteiger partial charge on any atom is -0.506 e. The lowest BCUT2D eigenvalue weighted by molar-refractivity contribution is 0.102. The van der Waals surface area contributed by atoms with Crippen molar-refractivity contribution in [3.8, 4) is 5.75 Å². The molecule has 0 saturated heterocycles. The molecule has 5 nitrogen and oxygen atoms in total. The predicted molar refractivity (Wildman–Crippen MR) is 80.6 cm³/mol. The van der Waals surface area contributed by atoms with Gasteiger partial charge in [-0.1, -0.05) is 23.7 Å². The molecule has 6 heteroatoms. The number of aromatic hydroxyl groups is 1. The number of hydrogen-bond acceptors (Lipinski definition) is 4. The van der Waals surface area contributed by atoms with Crippen molar-refractivity contribution < 1.29 is 9.90 Å². The molecule has 0 spiro atoms. The summed E-state index contributed by atoms with van der Waals surface area (Å²) in [6.07, 6.45) is 1.25. The van der Waals surface area contributed by atoms with E-state index in [4.69, 9.17) is 16.7 Å². The number of nitrogens with one attached hydrogen (secondary N) is 1. The molecule has 0 bridgehead atoms. The molecule has 0 saturated carbocycles. The second kappa shape index (κ2) is 5.38. The predicted octanol–water partition coefficient (Wildman–Crippen LogP) is 3.24. The number of fused-ring (bicyclic) bond motifs is 1. The molecule has 3 rings (SSSR count). The minimum absolute atomic E-state index is 0.0338. The van der Waals surface area contributed by atoms with Gasteiger partial charge in [-0.2, -0.15) is 0 Å². The number of benzene rings is 1. The van der Waals surface area contributed by atoms with Crippen LogP contribution in [-0.2, 0) is 0 Å². The Balaban J connectivity index is 1.88. The number of anilines is 1. The van der Waals surface area contributed by atoms with E-state index >= 15 is 0 Å². The van der Waals surface area contributed by atoms with Crippen molar-refractivity contribution in [3.05, 3.63) is 59.4 Å². The Bertz CT molecular complexity index is 819. The van der Waals surface area contributed by atoms with Crippen LogP contribution >= 0.6 is 11.6 Å². The van der Waals surface area contributed by atoms with Crippen LogP contribution in [-0.4, -0.2) is 21.0 Å². The van der Waals surface area contributed by atoms with E-state index in [1.54, 1.807) is 24.3 Å². The zero-order chi connectivity index (χ0) is 14.8. The number of nitrogens with zero attached hydrogens (tertiary/aromatic N) is 2. The summed E-state index contributed by atoms with van der Waals surface area (Å²) in [6, 6.07) is 11.7. The van der Waals surface area contributed by atoms with Gasteiger partial charge >= 0.3 is 0 Å². The number of aromatic nitrogens is 2. The first-order chi connectivity index (χ1) is 10.1. The maximum atomic E-state index is 12.1. The Labute approximate surface area is 125 Å². The van der Waals surface area contributed by atoms with Gasteiger partial charge in [-0.25, -0.2) is 9.97 Å². The third-order valence-corrected chi connectivity index (χ3v) is 3.11. The molecular weight excluding hydrogens is 290 g/mol. The van der Waals surface area contributed by atoms with E-state index in [1.807, 2.05) is 6.07 Å². The van der Waals surface area contributed by atoms with E-state index in [2.05, 4.69) is 15.3 Å². The van der Waals surface area contributed by atoms with Crippen LogP contribution in [0.15, 0.2) is 48.7 Å². The number of carbonyl (C=O) groups excluding carboxylic acids is 1. The molecule has 3 aromatic rings. The van der Waals surface area contributed by atoms with Crippen molar-refractivity contribution in [1.82, 2.24) is 9.97 Å². The summed E-state index contributed by atoms with van der Waals surface area (Å²) in [5.74, 6) is -0.00710. The molecule has 1 aromatic carbocycles. The zero-order valence-corrected chi connectivity index (χ0v) is 11.5. The molecule has 0 unspecified atom stereocenters. The van der Waals surface area contributed by atoms with Crippen molar-refractivity contribution in [2.75, 3.05) is 5.32 Å². The summed E-state index contributed by atoms with van der Waals surface area (Å²) in [5, 5.41) is 13.2. The lowest BCUT2D eigenvalue weighted by Gasteiger charge is -2.05. The smallest absolute Gasteiger partial charge is 0.275 e. The second-order valence-electron chi connectivity index (χ2n) is 4.39. The van der Waals surface area contributed by atoms with Gasteiger partial charge in [0.1, 0.15) is 17.3 Å². The number of carbonyl (C=O) groups is 1. The Morgan fingerprint density at radius 3 is 2.71 bits per heavy atom. The first kappa shape index (κ1) is 13.3. The van der Waals surface area contributed by atoms with Gasteiger partial charge in [0, 0.05) is 10.4 Å². The van der Waals surface area contributed by atoms with Crippen molar-refractivity contribution in [1.29, 1.82) is 0 Å². The average molecular weight is 300 g/mol. The van der Waals surface area contributed by atoms with Gasteiger partial charge in [-0.15, -0.1) is 0 Å². The summed E-state index contributed by atoms with van der Waals surface area (Å²) in [4.78, 5) is 20.3. The molecule has 2 aromatic heterocycles. The third-order valence-electron chi connectivity index (χ3n) is 2.88. The number of halogens is 1. The zero-order valence-electron chi connectivity index (χ0n) is 10.7. The van der Waals surface area contributed by atoms with E-state index in [-0.39, 0.29) is 17.4 Å². The first-order valence-electron chi connectivity index (χ1n) is 6.14. The van der Waals surface area contributed by atoms with Crippen molar-refractivity contribution in [2.45, 2.75) is 0 Å². The maximum Gasteiger partial charge on any atom is 0.275 e. The SMILES string of the molecule is O=C(Nc1ccc(O)cn1)c1ccc2ccc(Cl)cc2n1. The summed E-state index contributed by atoms with van der Waals surface area (Å²) in [5.41, 5.74) is 0.911. The Hall–Kier alpha value is -2.66. The standard InChI is InChI=1S/C15H10ClN3O2/c16-10-3-1-9-2-5-12(18-13(9)7-10)15(21)19-14-6-4-11(20)8-17-14/h1-8,20H,(H,17,19,21). The highest BCUT2D eigenvalue weighted by Crippen LogP contribution is 2.18. The van der Waals surface area contributed by atoms with E-state index in [9.17, 15) is 4.79 Å². The lowest BCUT2D eigenvalue weighted by atomic mass is 10.2. The van der Waals surface area contributed by atoms with Crippen LogP contribution in [0, 0.1) is 0 Å². The van der Waals surface area contributed by atoms with Crippen molar-refractivity contribution in [2.24, 2.45) is 0 Å². The first-order valence-corrected chi connectivity index (χ1v) is 6.52. The van der Waals surface area contributed by atoms with Crippen LogP contribution in [0.2, 0.25) is 5.02 Å². The van der Waals surface area contributed by atoms with Crippen LogP contribution in [0.4, 0.5) is 5.82 Å². The number of rotatable bonds is 2. The highest BCUT2D eigenvalue weighted by Gasteiger charge is 2.09. The van der Waals surface area contributed by atoms with Gasteiger partial charge in [0.2, 0.25) is 0 Å². The third kappa shape index (κ3) is 2.93. The highest BCUT2D eigenvalue weighted by molar-refractivity contribution is 6.31. The molecule has 104 valence electrons. The molecule has 0 fully saturated rings. The van der Waals surface area contributed by atoms with E-state index in [0.29, 0.717) is 16.4 Å². The highest BCUT2D eigenvalue weighted by atomic mass is 35.5. The van der Waals surface area contributed by atoms with Crippen molar-refractivity contribution in [3.63, 3.8) is 0 Å². The van der Waals surface area contributed by atoms with E-state index in [1.165, 1.54) is 18.3 Å². The average Bonchev–Trinajstić information content (AvgIpc) is 2.48. The Morgan fingerprint density at radius 2 is 1.95 bits per heavy atom. The Morgan fingerprint density at radius 1 is 1.14 bits per heavy atom. The topological polar surface area (TPSA) is 75.1 Å². The molecule has 0 aliphatic carbocycles. The normalized spacial score (nSPS) is 10.5. The molecule has 2 N–H and O–H groups in total. The molecule has 0 radical (unpaired) electrons. The van der Waals surface area contributed by atoms with E-state index in [0.717, 1.165) is 5.39 Å². The molecule has 0 aliphatic heterocycles. The van der Waals surface area contributed by atoms with Gasteiger partial charge in [-0.05, 0) is 30.3 Å². The van der Waals surface area contributed by atoms with Crippen LogP contribution in [0.3, 0.4) is 0 Å². The fourth-order valence-electron chi connectivity index (χ4n) is 1.86. The fourth-order valence-corrected chi connectivity index (χ4v) is 2.02. The van der Waals surface area contributed by atoms with Crippen LogP contribution in [0.5, 0.6) is 5.75 Å². The lowest BCUT2D eigenvalue weighted by Crippen LogP contribution is -2.14. The summed E-state index contributed by atoms with van der Waals surface area (Å²) in [6.45, 7) is 0. The fraction of sp³-hybridized carbons (Fsp3) is 0. The number of hydrogen-bond donors (Lipinski definition) is 2. The molecule has 2 heterocycles. The van der Waals surface area contributed by atoms with Gasteiger partial charge < -0.3 is 10.4 Å². The van der Waals surface area contributed by atoms with Gasteiger partial charge in [0.15, 0.2) is 0 Å². The van der Waals surface area contributed by atoms with Gasteiger partial charge in [0.25, 0.3) is 5.91 Å². The summed E-state index contributed by atoms with van der Waals surface area (Å²) >= 11 is 5.92. The Kier molecular flexibility index (Phi) is 3.41. The molecule has 0 atom stereocenters. The van der Waals surface area contributed by atoms with Gasteiger partial charge in [-0.3, -0.25) is 4.79 Å². The van der Waals surface area contributed by atoms with Gasteiger partial charge in [0.05, 0.1) is 11.7 Å². The monoisotopic (exact) mass is 299 g/mol. The van der Waals surface area contributed by atoms with Crippen LogP contribution in [0.25, 0.3) is 10.9 Å². The number of pyridine rings is 2. The second-order valence-corrected chi connectivity index (χ2v) is 4.83. The molecule has 21 heavy (non-hydrogen) atoms. The maximum absolute atomic E-state index is 12.1. The summed E-state index contributed by atoms with van der Waals surface area (Å²) < 4.78 is 0. The molecule has 1 amide bonds. The van der Waals surface area contributed by atoms with Crippen LogP contribution < -0.4 is 5.32 Å². The largest absolute Gasteiger partial charge is 0.506 e. The molecular formula is C15H10ClN3O2. The van der Waals surface area contributed by atoms with Crippen LogP contribution in [0.1, 0.15) is 10.5 Å². The summed E-state index contributed by atoms with van der Waals surface area (Å²) in [7, 11) is 0.